The number of nitriles is 1. The van der Waals surface area contributed by atoms with Crippen LogP contribution in [-0.4, -0.2) is 51.2 Å². The number of carbonyl (C=O) groups is 1. The zero-order valence-electron chi connectivity index (χ0n) is 29.2. The lowest BCUT2D eigenvalue weighted by atomic mass is 9.84. The van der Waals surface area contributed by atoms with Gasteiger partial charge in [-0.1, -0.05) is 50.2 Å². The molecule has 15 heteroatoms. The van der Waals surface area contributed by atoms with Crippen molar-refractivity contribution in [3.8, 4) is 21.7 Å². The fourth-order valence-corrected chi connectivity index (χ4v) is 9.22. The first-order chi connectivity index (χ1) is 25.7. The Labute approximate surface area is 312 Å². The number of amides is 1. The topological polar surface area (TPSA) is 181 Å². The van der Waals surface area contributed by atoms with Gasteiger partial charge >= 0.3 is 6.09 Å². The van der Waals surface area contributed by atoms with Gasteiger partial charge in [-0.3, -0.25) is 0 Å². The molecule has 1 aliphatic carbocycles. The molecule has 0 aliphatic heterocycles. The number of nitrogens with zero attached hydrogens (tertiary/aromatic N) is 6. The number of nitrogen functional groups attached to an aromatic ring is 1. The van der Waals surface area contributed by atoms with Gasteiger partial charge in [-0.2, -0.15) is 15.2 Å². The summed E-state index contributed by atoms with van der Waals surface area (Å²) < 4.78 is 17.3. The Hall–Kier alpha value is -5.98. The summed E-state index contributed by atoms with van der Waals surface area (Å²) in [6.07, 6.45) is 1.58. The van der Waals surface area contributed by atoms with Crippen LogP contribution < -0.4 is 20.7 Å². The lowest BCUT2D eigenvalue weighted by Crippen LogP contribution is -2.28. The highest BCUT2D eigenvalue weighted by atomic mass is 32.1. The van der Waals surface area contributed by atoms with E-state index in [1.54, 1.807) is 22.7 Å². The number of fused-ring (bicyclic) bond motifs is 5. The van der Waals surface area contributed by atoms with Gasteiger partial charge in [0.15, 0.2) is 11.2 Å². The van der Waals surface area contributed by atoms with Gasteiger partial charge in [-0.15, -0.1) is 22.7 Å². The number of para-hydroxylation sites is 2. The third kappa shape index (κ3) is 6.74. The van der Waals surface area contributed by atoms with Crippen molar-refractivity contribution in [2.45, 2.75) is 44.8 Å². The number of alkyl carbamates (subject to hydrolysis) is 1. The normalized spacial score (nSPS) is 13.4. The number of benzene rings is 2. The second kappa shape index (κ2) is 13.9. The average Bonchev–Trinajstić information content (AvgIpc) is 3.98. The first kappa shape index (κ1) is 34.1. The summed E-state index contributed by atoms with van der Waals surface area (Å²) in [6.45, 7) is 5.88. The Morgan fingerprint density at radius 1 is 1.08 bits per heavy atom. The minimum atomic E-state index is -0.477. The number of anilines is 2. The molecule has 7 aromatic rings. The van der Waals surface area contributed by atoms with E-state index >= 15 is 0 Å². The minimum Gasteiger partial charge on any atom is -0.471 e. The molecule has 5 heterocycles. The quantitative estimate of drug-likeness (QED) is 0.114. The molecule has 0 spiro atoms. The third-order valence-corrected chi connectivity index (χ3v) is 11.9. The predicted molar refractivity (Wildman–Crippen MR) is 204 cm³/mol. The van der Waals surface area contributed by atoms with E-state index in [0.29, 0.717) is 48.0 Å². The summed E-state index contributed by atoms with van der Waals surface area (Å²) in [5.74, 6) is 0.413. The van der Waals surface area contributed by atoms with E-state index in [4.69, 9.17) is 19.6 Å². The van der Waals surface area contributed by atoms with Gasteiger partial charge in [0.25, 0.3) is 0 Å². The molecule has 1 amide bonds. The number of thiophene rings is 2. The fourth-order valence-electron chi connectivity index (χ4n) is 6.39. The Kier molecular flexibility index (Phi) is 8.93. The number of nitrogens with two attached hydrogens (primary N) is 1. The maximum absolute atomic E-state index is 12.5. The monoisotopic (exact) mass is 745 g/mol. The first-order valence-corrected chi connectivity index (χ1v) is 18.6. The number of ether oxygens (including phenoxy) is 2. The van der Waals surface area contributed by atoms with Crippen molar-refractivity contribution in [1.29, 1.82) is 5.26 Å². The molecule has 13 nitrogen and oxygen atoms in total. The SMILES string of the molecule is CN(CCOC(=O)NCc1ccc(COc2nc(N)nc3nc[nH]c23)cc1)c1cc2c(s1)-c1sc(CC(C#N)c3nc4ccccc4o3)cc1C2(C)C. The van der Waals surface area contributed by atoms with E-state index in [1.807, 2.05) is 55.6 Å². The number of likely N-dealkylation sites (N-methyl/N-ethyl adjacent to an activating group) is 1. The Morgan fingerprint density at radius 3 is 2.66 bits per heavy atom. The van der Waals surface area contributed by atoms with Gasteiger partial charge in [0, 0.05) is 35.2 Å². The number of hydrogen-bond donors (Lipinski definition) is 3. The van der Waals surface area contributed by atoms with Crippen molar-refractivity contribution in [1.82, 2.24) is 30.2 Å². The summed E-state index contributed by atoms with van der Waals surface area (Å²) in [5, 5.41) is 13.9. The van der Waals surface area contributed by atoms with Crippen LogP contribution in [0, 0.1) is 11.3 Å². The van der Waals surface area contributed by atoms with Crippen LogP contribution in [0.4, 0.5) is 15.7 Å². The molecule has 0 fully saturated rings. The van der Waals surface area contributed by atoms with Crippen LogP contribution in [0.5, 0.6) is 5.88 Å². The van der Waals surface area contributed by atoms with Crippen LogP contribution in [0.1, 0.15) is 52.8 Å². The molecular formula is C38H35N9O4S2. The van der Waals surface area contributed by atoms with E-state index in [0.717, 1.165) is 26.5 Å². The number of aromatic nitrogens is 5. The smallest absolute Gasteiger partial charge is 0.407 e. The van der Waals surface area contributed by atoms with Gasteiger partial charge in [0.2, 0.25) is 17.7 Å². The van der Waals surface area contributed by atoms with E-state index in [2.05, 4.69) is 67.2 Å². The standard InChI is InChI=1S/C38H35N9O4S2/c1-38(2)25-15-24(14-23(17-39)34-44-27-6-4-5-7-28(27)51-34)52-31(25)32-26(38)16-29(53-32)47(3)12-13-49-37(48)41-18-21-8-10-22(11-9-21)19-50-35-30-33(43-20-42-30)45-36(40)46-35/h4-11,15-16,20,23H,12-14,18-19H2,1-3H3,(H,41,48)(H3,40,42,43,45,46). The molecule has 1 unspecified atom stereocenters. The Morgan fingerprint density at radius 2 is 1.85 bits per heavy atom. The molecule has 4 N–H and O–H groups in total. The predicted octanol–water partition coefficient (Wildman–Crippen LogP) is 7.30. The Balaban J connectivity index is 0.824. The minimum absolute atomic E-state index is 0.0900. The molecule has 5 aromatic heterocycles. The zero-order chi connectivity index (χ0) is 36.7. The molecule has 53 heavy (non-hydrogen) atoms. The molecule has 0 saturated carbocycles. The Bertz CT molecular complexity index is 2460. The largest absolute Gasteiger partial charge is 0.471 e. The molecule has 1 atom stereocenters. The summed E-state index contributed by atoms with van der Waals surface area (Å²) in [4.78, 5) is 38.1. The van der Waals surface area contributed by atoms with Gasteiger partial charge in [-0.25, -0.2) is 14.8 Å². The number of imidazole rings is 1. The van der Waals surface area contributed by atoms with Gasteiger partial charge in [0.05, 0.1) is 28.8 Å². The molecular weight excluding hydrogens is 711 g/mol. The van der Waals surface area contributed by atoms with Crippen molar-refractivity contribution in [2.75, 3.05) is 30.8 Å². The van der Waals surface area contributed by atoms with Crippen molar-refractivity contribution >= 4 is 62.0 Å². The first-order valence-electron chi connectivity index (χ1n) is 17.0. The number of H-pyrrole nitrogens is 1. The van der Waals surface area contributed by atoms with Gasteiger partial charge in [-0.05, 0) is 46.5 Å². The molecule has 8 rings (SSSR count). The number of hydrogen-bond acceptors (Lipinski definition) is 13. The summed E-state index contributed by atoms with van der Waals surface area (Å²) in [7, 11) is 2.01. The number of oxazole rings is 1. The second-order valence-electron chi connectivity index (χ2n) is 13.3. The van der Waals surface area contributed by atoms with Crippen LogP contribution in [0.25, 0.3) is 32.0 Å². The number of nitrogens with one attached hydrogen (secondary N) is 2. The third-order valence-electron chi connectivity index (χ3n) is 9.37. The van der Waals surface area contributed by atoms with E-state index in [9.17, 15) is 10.1 Å². The highest BCUT2D eigenvalue weighted by Gasteiger charge is 2.40. The van der Waals surface area contributed by atoms with Crippen molar-refractivity contribution in [3.05, 3.63) is 100 Å². The lowest BCUT2D eigenvalue weighted by molar-refractivity contribution is 0.148. The summed E-state index contributed by atoms with van der Waals surface area (Å²) in [5.41, 5.74) is 12.5. The van der Waals surface area contributed by atoms with Gasteiger partial charge in [0.1, 0.15) is 30.2 Å². The maximum atomic E-state index is 12.5. The molecule has 2 aromatic carbocycles. The number of rotatable bonds is 12. The van der Waals surface area contributed by atoms with Crippen LogP contribution in [0.2, 0.25) is 0 Å². The highest BCUT2D eigenvalue weighted by molar-refractivity contribution is 7.24. The van der Waals surface area contributed by atoms with E-state index in [1.165, 1.54) is 27.2 Å². The molecule has 1 aliphatic rings. The summed E-state index contributed by atoms with van der Waals surface area (Å²) in [6, 6.07) is 22.2. The molecule has 268 valence electrons. The average molecular weight is 746 g/mol. The molecule has 0 bridgehead atoms. The second-order valence-corrected chi connectivity index (χ2v) is 15.5. The van der Waals surface area contributed by atoms with E-state index < -0.39 is 12.0 Å². The van der Waals surface area contributed by atoms with Crippen molar-refractivity contribution in [3.63, 3.8) is 0 Å². The summed E-state index contributed by atoms with van der Waals surface area (Å²) >= 11 is 3.48. The number of carbonyl (C=O) groups excluding carboxylic acids is 1. The number of aromatic amines is 1. The van der Waals surface area contributed by atoms with Crippen LogP contribution in [0.15, 0.2) is 71.4 Å². The highest BCUT2D eigenvalue weighted by Crippen LogP contribution is 2.57. The lowest BCUT2D eigenvalue weighted by Gasteiger charge is -2.20. The van der Waals surface area contributed by atoms with Crippen LogP contribution in [0.3, 0.4) is 0 Å². The fraction of sp³-hybridized carbons (Fsp3) is 0.263. The molecule has 0 saturated heterocycles. The maximum Gasteiger partial charge on any atom is 0.407 e. The van der Waals surface area contributed by atoms with Crippen molar-refractivity contribution in [2.24, 2.45) is 0 Å². The zero-order valence-corrected chi connectivity index (χ0v) is 30.8. The molecule has 0 radical (unpaired) electrons. The van der Waals surface area contributed by atoms with Crippen LogP contribution >= 0.6 is 22.7 Å². The van der Waals surface area contributed by atoms with Crippen LogP contribution in [-0.2, 0) is 29.7 Å². The van der Waals surface area contributed by atoms with Crippen molar-refractivity contribution < 1.29 is 18.7 Å². The van der Waals surface area contributed by atoms with E-state index in [-0.39, 0.29) is 24.6 Å². The van der Waals surface area contributed by atoms with Gasteiger partial charge < -0.3 is 34.8 Å².